The number of aromatic nitrogens is 2. The molecule has 1 saturated heterocycles. The van der Waals surface area contributed by atoms with Crippen molar-refractivity contribution in [1.29, 1.82) is 0 Å². The van der Waals surface area contributed by atoms with Crippen LogP contribution in [0.4, 0.5) is 5.95 Å². The normalized spacial score (nSPS) is 16.9. The van der Waals surface area contributed by atoms with E-state index in [1.54, 1.807) is 41.0 Å². The third-order valence-electron chi connectivity index (χ3n) is 4.28. The molecule has 1 fully saturated rings. The van der Waals surface area contributed by atoms with Gasteiger partial charge in [0.2, 0.25) is 16.0 Å². The number of benzene rings is 1. The van der Waals surface area contributed by atoms with Crippen molar-refractivity contribution in [3.63, 3.8) is 0 Å². The zero-order valence-electron chi connectivity index (χ0n) is 13.7. The summed E-state index contributed by atoms with van der Waals surface area (Å²) in [5.74, 6) is 1.05. The summed E-state index contributed by atoms with van der Waals surface area (Å²) in [6, 6.07) is 8.63. The number of nitrogens with one attached hydrogen (secondary N) is 1. The average Bonchev–Trinajstić information content (AvgIpc) is 2.62. The molecule has 24 heavy (non-hydrogen) atoms. The summed E-state index contributed by atoms with van der Waals surface area (Å²) in [5, 5.41) is 3.24. The highest BCUT2D eigenvalue weighted by Gasteiger charge is 2.29. The maximum Gasteiger partial charge on any atom is 0.243 e. The first kappa shape index (κ1) is 16.9. The molecule has 7 heteroatoms. The zero-order valence-corrected chi connectivity index (χ0v) is 14.5. The van der Waals surface area contributed by atoms with E-state index in [4.69, 9.17) is 0 Å². The summed E-state index contributed by atoms with van der Waals surface area (Å²) in [6.45, 7) is 3.83. The van der Waals surface area contributed by atoms with Gasteiger partial charge in [0.15, 0.2) is 0 Å². The minimum absolute atomic E-state index is 0.370. The standard InChI is InChI=1S/C17H22N4O2S/c1-14-11-18-17(19-12-14)20-13-15-7-9-21(10-8-15)24(22,23)16-5-3-2-4-6-16/h2-6,11-12,15H,7-10,13H2,1H3,(H,18,19,20). The number of anilines is 1. The van der Waals surface area contributed by atoms with Gasteiger partial charge in [-0.2, -0.15) is 4.31 Å². The molecule has 0 amide bonds. The lowest BCUT2D eigenvalue weighted by molar-refractivity contribution is 0.282. The summed E-state index contributed by atoms with van der Waals surface area (Å²) < 4.78 is 26.8. The fourth-order valence-corrected chi connectivity index (χ4v) is 4.31. The Hall–Kier alpha value is -1.99. The van der Waals surface area contributed by atoms with Crippen molar-refractivity contribution in [2.45, 2.75) is 24.7 Å². The number of sulfonamides is 1. The second-order valence-electron chi connectivity index (χ2n) is 6.13. The molecule has 3 rings (SSSR count). The van der Waals surface area contributed by atoms with Crippen LogP contribution in [-0.4, -0.2) is 42.3 Å². The number of piperidine rings is 1. The Morgan fingerprint density at radius 2 is 1.75 bits per heavy atom. The van der Waals surface area contributed by atoms with E-state index < -0.39 is 10.0 Å². The maximum absolute atomic E-state index is 12.6. The smallest absolute Gasteiger partial charge is 0.243 e. The molecule has 1 aromatic heterocycles. The van der Waals surface area contributed by atoms with Crippen LogP contribution in [0, 0.1) is 12.8 Å². The SMILES string of the molecule is Cc1cnc(NCC2CCN(S(=O)(=O)c3ccccc3)CC2)nc1. The molecule has 0 unspecified atom stereocenters. The monoisotopic (exact) mass is 346 g/mol. The highest BCUT2D eigenvalue weighted by atomic mass is 32.2. The van der Waals surface area contributed by atoms with Crippen LogP contribution in [-0.2, 0) is 10.0 Å². The number of nitrogens with zero attached hydrogens (tertiary/aromatic N) is 3. The number of rotatable bonds is 5. The van der Waals surface area contributed by atoms with Crippen molar-refractivity contribution in [3.8, 4) is 0 Å². The quantitative estimate of drug-likeness (QED) is 0.899. The molecule has 1 aromatic carbocycles. The van der Waals surface area contributed by atoms with Crippen molar-refractivity contribution in [2.75, 3.05) is 25.0 Å². The van der Waals surface area contributed by atoms with Gasteiger partial charge in [0.05, 0.1) is 4.90 Å². The van der Waals surface area contributed by atoms with Gasteiger partial charge >= 0.3 is 0 Å². The summed E-state index contributed by atoms with van der Waals surface area (Å²) in [4.78, 5) is 8.83. The van der Waals surface area contributed by atoms with Crippen LogP contribution < -0.4 is 5.32 Å². The lowest BCUT2D eigenvalue weighted by Crippen LogP contribution is -2.39. The van der Waals surface area contributed by atoms with Crippen molar-refractivity contribution in [3.05, 3.63) is 48.3 Å². The molecule has 6 nitrogen and oxygen atoms in total. The molecule has 0 atom stereocenters. The molecule has 128 valence electrons. The molecule has 2 aromatic rings. The lowest BCUT2D eigenvalue weighted by atomic mass is 9.98. The van der Waals surface area contributed by atoms with Crippen molar-refractivity contribution >= 4 is 16.0 Å². The summed E-state index contributed by atoms with van der Waals surface area (Å²) in [7, 11) is -3.37. The zero-order chi connectivity index (χ0) is 17.0. The first-order valence-electron chi connectivity index (χ1n) is 8.13. The summed E-state index contributed by atoms with van der Waals surface area (Å²) >= 11 is 0. The van der Waals surface area contributed by atoms with E-state index >= 15 is 0 Å². The Morgan fingerprint density at radius 3 is 2.38 bits per heavy atom. The third-order valence-corrected chi connectivity index (χ3v) is 6.20. The van der Waals surface area contributed by atoms with E-state index in [1.807, 2.05) is 13.0 Å². The van der Waals surface area contributed by atoms with Gasteiger partial charge in [-0.25, -0.2) is 18.4 Å². The predicted molar refractivity (Wildman–Crippen MR) is 93.2 cm³/mol. The van der Waals surface area contributed by atoms with E-state index in [9.17, 15) is 8.42 Å². The first-order chi connectivity index (χ1) is 11.6. The molecule has 1 aliphatic heterocycles. The second-order valence-corrected chi connectivity index (χ2v) is 8.06. The molecule has 1 aliphatic rings. The van der Waals surface area contributed by atoms with Gasteiger partial charge in [-0.05, 0) is 43.4 Å². The molecule has 0 radical (unpaired) electrons. The van der Waals surface area contributed by atoms with Gasteiger partial charge in [-0.15, -0.1) is 0 Å². The largest absolute Gasteiger partial charge is 0.354 e. The highest BCUT2D eigenvalue weighted by Crippen LogP contribution is 2.23. The van der Waals surface area contributed by atoms with Gasteiger partial charge in [0, 0.05) is 32.0 Å². The molecule has 0 bridgehead atoms. The van der Waals surface area contributed by atoms with Crippen LogP contribution in [0.3, 0.4) is 0 Å². The van der Waals surface area contributed by atoms with E-state index in [2.05, 4.69) is 15.3 Å². The molecular formula is C17H22N4O2S. The second kappa shape index (κ2) is 7.27. The Morgan fingerprint density at radius 1 is 1.12 bits per heavy atom. The van der Waals surface area contributed by atoms with Crippen molar-refractivity contribution in [1.82, 2.24) is 14.3 Å². The van der Waals surface area contributed by atoms with Crippen LogP contribution in [0.25, 0.3) is 0 Å². The van der Waals surface area contributed by atoms with Crippen LogP contribution in [0.5, 0.6) is 0 Å². The van der Waals surface area contributed by atoms with Crippen molar-refractivity contribution in [2.24, 2.45) is 5.92 Å². The van der Waals surface area contributed by atoms with Crippen LogP contribution in [0.15, 0.2) is 47.6 Å². The van der Waals surface area contributed by atoms with E-state index in [0.29, 0.717) is 29.9 Å². The van der Waals surface area contributed by atoms with E-state index in [-0.39, 0.29) is 0 Å². The molecule has 0 spiro atoms. The van der Waals surface area contributed by atoms with Crippen molar-refractivity contribution < 1.29 is 8.42 Å². The molecular weight excluding hydrogens is 324 g/mol. The van der Waals surface area contributed by atoms with Gasteiger partial charge in [-0.3, -0.25) is 0 Å². The number of aryl methyl sites for hydroxylation is 1. The average molecular weight is 346 g/mol. The third kappa shape index (κ3) is 3.91. The topological polar surface area (TPSA) is 75.2 Å². The van der Waals surface area contributed by atoms with Crippen LogP contribution in [0.1, 0.15) is 18.4 Å². The number of hydrogen-bond acceptors (Lipinski definition) is 5. The lowest BCUT2D eigenvalue weighted by Gasteiger charge is -2.31. The fourth-order valence-electron chi connectivity index (χ4n) is 2.81. The minimum Gasteiger partial charge on any atom is -0.354 e. The minimum atomic E-state index is -3.37. The Labute approximate surface area is 143 Å². The van der Waals surface area contributed by atoms with Gasteiger partial charge in [-0.1, -0.05) is 18.2 Å². The molecule has 2 heterocycles. The van der Waals surface area contributed by atoms with Crippen LogP contribution >= 0.6 is 0 Å². The highest BCUT2D eigenvalue weighted by molar-refractivity contribution is 7.89. The molecule has 0 aliphatic carbocycles. The summed E-state index contributed by atoms with van der Waals surface area (Å²) in [6.07, 6.45) is 5.24. The molecule has 1 N–H and O–H groups in total. The van der Waals surface area contributed by atoms with Gasteiger partial charge in [0.1, 0.15) is 0 Å². The Balaban J connectivity index is 1.53. The Bertz CT molecular complexity index is 755. The summed E-state index contributed by atoms with van der Waals surface area (Å²) in [5.41, 5.74) is 1.03. The maximum atomic E-state index is 12.6. The van der Waals surface area contributed by atoms with E-state index in [1.165, 1.54) is 0 Å². The number of hydrogen-bond donors (Lipinski definition) is 1. The Kier molecular flexibility index (Phi) is 5.11. The van der Waals surface area contributed by atoms with Gasteiger partial charge < -0.3 is 5.32 Å². The molecule has 0 saturated carbocycles. The van der Waals surface area contributed by atoms with Crippen LogP contribution in [0.2, 0.25) is 0 Å². The fraction of sp³-hybridized carbons (Fsp3) is 0.412. The van der Waals surface area contributed by atoms with Gasteiger partial charge in [0.25, 0.3) is 0 Å². The predicted octanol–water partition coefficient (Wildman–Crippen LogP) is 2.30. The van der Waals surface area contributed by atoms with E-state index in [0.717, 1.165) is 24.9 Å². The first-order valence-corrected chi connectivity index (χ1v) is 9.57.